The summed E-state index contributed by atoms with van der Waals surface area (Å²) in [6, 6.07) is 12.3. The van der Waals surface area contributed by atoms with Gasteiger partial charge in [-0.3, -0.25) is 4.79 Å². The number of halogens is 1. The molecule has 0 radical (unpaired) electrons. The Morgan fingerprint density at radius 1 is 1.12 bits per heavy atom. The molecule has 2 aromatic carbocycles. The van der Waals surface area contributed by atoms with E-state index in [4.69, 9.17) is 4.74 Å². The van der Waals surface area contributed by atoms with E-state index in [9.17, 15) is 17.6 Å². The van der Waals surface area contributed by atoms with Gasteiger partial charge >= 0.3 is 0 Å². The van der Waals surface area contributed by atoms with Crippen LogP contribution in [0.5, 0.6) is 0 Å². The second kappa shape index (κ2) is 10.6. The summed E-state index contributed by atoms with van der Waals surface area (Å²) in [4.78, 5) is 12.4. The third-order valence-electron chi connectivity index (χ3n) is 4.59. The molecule has 0 saturated carbocycles. The third-order valence-corrected chi connectivity index (χ3v) is 8.48. The molecule has 0 spiro atoms. The topological polar surface area (TPSA) is 114 Å². The number of carbonyl (C=O) groups is 1. The summed E-state index contributed by atoms with van der Waals surface area (Å²) >= 11 is 2.40. The number of carbonyl (C=O) groups excluding carboxylic acids is 1. The van der Waals surface area contributed by atoms with E-state index in [1.165, 1.54) is 45.6 Å². The van der Waals surface area contributed by atoms with E-state index in [0.29, 0.717) is 47.1 Å². The maximum absolute atomic E-state index is 13.7. The summed E-state index contributed by atoms with van der Waals surface area (Å²) in [7, 11) is -3.58. The minimum absolute atomic E-state index is 0.0855. The number of morpholine rings is 1. The van der Waals surface area contributed by atoms with Gasteiger partial charge in [0.15, 0.2) is 4.34 Å². The van der Waals surface area contributed by atoms with E-state index in [-0.39, 0.29) is 16.6 Å². The average Bonchev–Trinajstić information content (AvgIpc) is 3.27. The van der Waals surface area contributed by atoms with Gasteiger partial charge in [-0.15, -0.1) is 10.2 Å². The van der Waals surface area contributed by atoms with Crippen LogP contribution >= 0.6 is 23.1 Å². The number of aromatic nitrogens is 2. The van der Waals surface area contributed by atoms with Crippen LogP contribution in [0.3, 0.4) is 0 Å². The number of rotatable bonds is 8. The van der Waals surface area contributed by atoms with Crippen molar-refractivity contribution in [3.05, 3.63) is 54.3 Å². The predicted octanol–water partition coefficient (Wildman–Crippen LogP) is 3.17. The molecule has 2 heterocycles. The summed E-state index contributed by atoms with van der Waals surface area (Å²) in [5.41, 5.74) is 0.780. The van der Waals surface area contributed by atoms with E-state index in [1.807, 2.05) is 0 Å². The standard InChI is InChI=1S/C20H20FN5O4S3/c21-16-3-1-2-4-17(16)23-19-24-25-20(32-19)31-13-18(27)22-14-5-7-15(8-6-14)33(28,29)26-9-11-30-12-10-26/h1-8H,9-13H2,(H,22,27)(H,23,24). The molecule has 1 saturated heterocycles. The van der Waals surface area contributed by atoms with E-state index in [1.54, 1.807) is 30.3 Å². The summed E-state index contributed by atoms with van der Waals surface area (Å²) in [5.74, 6) is -0.588. The number of nitrogens with one attached hydrogen (secondary N) is 2. The van der Waals surface area contributed by atoms with Crippen molar-refractivity contribution in [3.8, 4) is 0 Å². The molecule has 0 aliphatic carbocycles. The highest BCUT2D eigenvalue weighted by atomic mass is 32.2. The fourth-order valence-corrected chi connectivity index (χ4v) is 5.94. The molecule has 174 valence electrons. The van der Waals surface area contributed by atoms with E-state index in [2.05, 4.69) is 20.8 Å². The Labute approximate surface area is 198 Å². The van der Waals surface area contributed by atoms with Crippen LogP contribution in [0.25, 0.3) is 0 Å². The fraction of sp³-hybridized carbons (Fsp3) is 0.250. The van der Waals surface area contributed by atoms with E-state index >= 15 is 0 Å². The Morgan fingerprint density at radius 2 is 1.85 bits per heavy atom. The van der Waals surface area contributed by atoms with Gasteiger partial charge in [-0.05, 0) is 36.4 Å². The zero-order valence-corrected chi connectivity index (χ0v) is 19.7. The summed E-state index contributed by atoms with van der Waals surface area (Å²) in [6.07, 6.45) is 0. The Bertz CT molecular complexity index is 1210. The number of hydrogen-bond donors (Lipinski definition) is 2. The quantitative estimate of drug-likeness (QED) is 0.445. The largest absolute Gasteiger partial charge is 0.379 e. The highest BCUT2D eigenvalue weighted by Gasteiger charge is 2.26. The number of nitrogens with zero attached hydrogens (tertiary/aromatic N) is 3. The minimum atomic E-state index is -3.58. The van der Waals surface area contributed by atoms with Crippen molar-refractivity contribution >= 4 is 55.5 Å². The Balaban J connectivity index is 1.29. The highest BCUT2D eigenvalue weighted by molar-refractivity contribution is 8.01. The lowest BCUT2D eigenvalue weighted by Crippen LogP contribution is -2.40. The van der Waals surface area contributed by atoms with Crippen LogP contribution in [0.1, 0.15) is 0 Å². The molecule has 3 aromatic rings. The van der Waals surface area contributed by atoms with Crippen LogP contribution in [0.15, 0.2) is 57.8 Å². The van der Waals surface area contributed by atoms with Crippen molar-refractivity contribution in [1.82, 2.24) is 14.5 Å². The second-order valence-corrected chi connectivity index (χ2v) is 11.0. The monoisotopic (exact) mass is 509 g/mol. The Hall–Kier alpha value is -2.58. The highest BCUT2D eigenvalue weighted by Crippen LogP contribution is 2.28. The van der Waals surface area contributed by atoms with Crippen molar-refractivity contribution in [3.63, 3.8) is 0 Å². The first-order valence-corrected chi connectivity index (χ1v) is 13.1. The molecule has 1 aromatic heterocycles. The molecule has 33 heavy (non-hydrogen) atoms. The molecule has 9 nitrogen and oxygen atoms in total. The average molecular weight is 510 g/mol. The molecule has 0 atom stereocenters. The maximum Gasteiger partial charge on any atom is 0.243 e. The Morgan fingerprint density at radius 3 is 2.58 bits per heavy atom. The first-order valence-electron chi connectivity index (χ1n) is 9.87. The molecule has 13 heteroatoms. The summed E-state index contributed by atoms with van der Waals surface area (Å²) in [5, 5.41) is 13.9. The molecular weight excluding hydrogens is 489 g/mol. The van der Waals surface area contributed by atoms with Crippen LogP contribution in [0.4, 0.5) is 20.9 Å². The molecule has 1 fully saturated rings. The summed E-state index contributed by atoms with van der Waals surface area (Å²) in [6.45, 7) is 1.39. The molecule has 1 amide bonds. The lowest BCUT2D eigenvalue weighted by atomic mass is 10.3. The van der Waals surface area contributed by atoms with Gasteiger partial charge in [0.05, 0.1) is 29.5 Å². The maximum atomic E-state index is 13.7. The zero-order chi connectivity index (χ0) is 23.3. The van der Waals surface area contributed by atoms with Gasteiger partial charge in [-0.1, -0.05) is 35.2 Å². The van der Waals surface area contributed by atoms with Gasteiger partial charge in [-0.2, -0.15) is 4.31 Å². The smallest absolute Gasteiger partial charge is 0.243 e. The number of ether oxygens (including phenoxy) is 1. The van der Waals surface area contributed by atoms with Gasteiger partial charge in [0.2, 0.25) is 21.1 Å². The summed E-state index contributed by atoms with van der Waals surface area (Å²) < 4.78 is 46.2. The molecule has 2 N–H and O–H groups in total. The SMILES string of the molecule is O=C(CSc1nnc(Nc2ccccc2F)s1)Nc1ccc(S(=O)(=O)N2CCOCC2)cc1. The molecule has 1 aliphatic heterocycles. The van der Waals surface area contributed by atoms with Crippen molar-refractivity contribution in [1.29, 1.82) is 0 Å². The number of amides is 1. The molecule has 1 aliphatic rings. The number of hydrogen-bond acceptors (Lipinski definition) is 9. The number of para-hydroxylation sites is 1. The number of thioether (sulfide) groups is 1. The van der Waals surface area contributed by atoms with Crippen molar-refractivity contribution in [2.45, 2.75) is 9.24 Å². The van der Waals surface area contributed by atoms with Gasteiger partial charge in [0.25, 0.3) is 0 Å². The normalized spacial score (nSPS) is 14.7. The number of sulfonamides is 1. The van der Waals surface area contributed by atoms with Crippen LogP contribution in [-0.2, 0) is 19.6 Å². The van der Waals surface area contributed by atoms with Gasteiger partial charge < -0.3 is 15.4 Å². The van der Waals surface area contributed by atoms with Crippen LogP contribution in [0, 0.1) is 5.82 Å². The first kappa shape index (κ1) is 23.6. The Kier molecular flexibility index (Phi) is 7.55. The van der Waals surface area contributed by atoms with Crippen molar-refractivity contribution in [2.75, 3.05) is 42.7 Å². The van der Waals surface area contributed by atoms with Gasteiger partial charge in [-0.25, -0.2) is 12.8 Å². The third kappa shape index (κ3) is 6.06. The lowest BCUT2D eigenvalue weighted by molar-refractivity contribution is -0.113. The zero-order valence-electron chi connectivity index (χ0n) is 17.2. The molecule has 0 bridgehead atoms. The van der Waals surface area contributed by atoms with Crippen LogP contribution < -0.4 is 10.6 Å². The lowest BCUT2D eigenvalue weighted by Gasteiger charge is -2.26. The van der Waals surface area contributed by atoms with E-state index in [0.717, 1.165) is 0 Å². The van der Waals surface area contributed by atoms with Crippen molar-refractivity contribution < 1.29 is 22.3 Å². The van der Waals surface area contributed by atoms with Gasteiger partial charge in [0, 0.05) is 18.8 Å². The second-order valence-electron chi connectivity index (χ2n) is 6.86. The number of benzene rings is 2. The molecule has 0 unspecified atom stereocenters. The molecule has 4 rings (SSSR count). The number of anilines is 3. The van der Waals surface area contributed by atoms with Crippen LogP contribution in [0.2, 0.25) is 0 Å². The minimum Gasteiger partial charge on any atom is -0.379 e. The van der Waals surface area contributed by atoms with Crippen molar-refractivity contribution in [2.24, 2.45) is 0 Å². The first-order chi connectivity index (χ1) is 15.9. The fourth-order valence-electron chi connectivity index (χ4n) is 2.97. The van der Waals surface area contributed by atoms with Crippen LogP contribution in [-0.4, -0.2) is 60.9 Å². The predicted molar refractivity (Wildman–Crippen MR) is 125 cm³/mol. The molecular formula is C20H20FN5O4S3. The van der Waals surface area contributed by atoms with Gasteiger partial charge in [0.1, 0.15) is 5.82 Å². The van der Waals surface area contributed by atoms with E-state index < -0.39 is 15.8 Å².